The lowest BCUT2D eigenvalue weighted by atomic mass is 9.92. The van der Waals surface area contributed by atoms with Gasteiger partial charge in [0.15, 0.2) is 0 Å². The van der Waals surface area contributed by atoms with Gasteiger partial charge in [0.2, 0.25) is 5.91 Å². The van der Waals surface area contributed by atoms with Crippen LogP contribution < -0.4 is 10.6 Å². The van der Waals surface area contributed by atoms with Crippen molar-refractivity contribution in [2.45, 2.75) is 45.3 Å². The minimum atomic E-state index is -4.72. The number of hydrogen-bond acceptors (Lipinski definition) is 3. The van der Waals surface area contributed by atoms with E-state index in [1.807, 2.05) is 13.8 Å². The molecule has 9 heteroatoms. The Bertz CT molecular complexity index is 802. The second-order valence-electron chi connectivity index (χ2n) is 8.79. The van der Waals surface area contributed by atoms with Crippen LogP contribution in [0, 0.1) is 17.2 Å². The van der Waals surface area contributed by atoms with Gasteiger partial charge in [0.25, 0.3) is 5.91 Å². The highest BCUT2D eigenvalue weighted by Crippen LogP contribution is 2.53. The van der Waals surface area contributed by atoms with Crippen molar-refractivity contribution >= 4 is 11.8 Å². The fourth-order valence-corrected chi connectivity index (χ4v) is 3.96. The quantitative estimate of drug-likeness (QED) is 0.683. The summed E-state index contributed by atoms with van der Waals surface area (Å²) in [6, 6.07) is 1.73. The van der Waals surface area contributed by atoms with Crippen molar-refractivity contribution in [2.75, 3.05) is 26.2 Å². The van der Waals surface area contributed by atoms with Gasteiger partial charge in [-0.25, -0.2) is 4.39 Å². The first kappa shape index (κ1) is 22.5. The van der Waals surface area contributed by atoms with E-state index >= 15 is 0 Å². The first-order chi connectivity index (χ1) is 14.0. The van der Waals surface area contributed by atoms with Crippen LogP contribution >= 0.6 is 0 Å². The Kier molecular flexibility index (Phi) is 6.40. The molecule has 30 heavy (non-hydrogen) atoms. The molecule has 1 saturated heterocycles. The molecule has 1 spiro atoms. The number of amides is 2. The molecule has 1 aliphatic heterocycles. The third kappa shape index (κ3) is 5.50. The van der Waals surface area contributed by atoms with Gasteiger partial charge in [-0.05, 0) is 61.9 Å². The maximum atomic E-state index is 13.5. The number of alkyl halides is 3. The van der Waals surface area contributed by atoms with E-state index in [4.69, 9.17) is 0 Å². The molecule has 1 saturated carbocycles. The Morgan fingerprint density at radius 1 is 1.20 bits per heavy atom. The van der Waals surface area contributed by atoms with E-state index in [1.165, 1.54) is 0 Å². The summed E-state index contributed by atoms with van der Waals surface area (Å²) in [5, 5.41) is 5.64. The summed E-state index contributed by atoms with van der Waals surface area (Å²) in [4.78, 5) is 26.4. The molecular weight excluding hydrogens is 402 g/mol. The number of piperidine rings is 1. The third-order valence-corrected chi connectivity index (χ3v) is 5.91. The maximum absolute atomic E-state index is 13.5. The molecule has 1 heterocycles. The first-order valence-corrected chi connectivity index (χ1v) is 10.2. The van der Waals surface area contributed by atoms with Crippen LogP contribution in [-0.2, 0) is 11.0 Å². The normalized spacial score (nSPS) is 21.0. The van der Waals surface area contributed by atoms with Crippen LogP contribution in [0.25, 0.3) is 0 Å². The van der Waals surface area contributed by atoms with E-state index in [9.17, 15) is 27.2 Å². The number of hydrogen-bond donors (Lipinski definition) is 2. The Hall–Kier alpha value is -2.16. The summed E-state index contributed by atoms with van der Waals surface area (Å²) in [7, 11) is 0. The van der Waals surface area contributed by atoms with Crippen LogP contribution in [-0.4, -0.2) is 48.9 Å². The van der Waals surface area contributed by atoms with Crippen molar-refractivity contribution in [3.63, 3.8) is 0 Å². The lowest BCUT2D eigenvalue weighted by molar-refractivity contribution is -0.137. The zero-order chi connectivity index (χ0) is 22.1. The molecule has 5 nitrogen and oxygen atoms in total. The highest BCUT2D eigenvalue weighted by molar-refractivity contribution is 5.95. The number of carbonyl (C=O) groups is 2. The molecule has 2 fully saturated rings. The molecule has 0 unspecified atom stereocenters. The number of likely N-dealkylation sites (tertiary alicyclic amines) is 1. The van der Waals surface area contributed by atoms with Gasteiger partial charge in [-0.2, -0.15) is 13.2 Å². The minimum absolute atomic E-state index is 0.00753. The van der Waals surface area contributed by atoms with Gasteiger partial charge in [0.1, 0.15) is 5.82 Å². The van der Waals surface area contributed by atoms with Crippen LogP contribution in [0.5, 0.6) is 0 Å². The van der Waals surface area contributed by atoms with E-state index in [-0.39, 0.29) is 22.9 Å². The van der Waals surface area contributed by atoms with E-state index < -0.39 is 23.5 Å². The van der Waals surface area contributed by atoms with E-state index in [2.05, 4.69) is 15.5 Å². The summed E-state index contributed by atoms with van der Waals surface area (Å²) < 4.78 is 52.1. The molecule has 166 valence electrons. The Labute approximate surface area is 173 Å². The van der Waals surface area contributed by atoms with Crippen molar-refractivity contribution in [1.82, 2.24) is 15.5 Å². The van der Waals surface area contributed by atoms with Gasteiger partial charge >= 0.3 is 6.18 Å². The maximum Gasteiger partial charge on any atom is 0.416 e. The van der Waals surface area contributed by atoms with Gasteiger partial charge < -0.3 is 10.6 Å². The van der Waals surface area contributed by atoms with Gasteiger partial charge in [-0.15, -0.1) is 0 Å². The largest absolute Gasteiger partial charge is 0.416 e. The average molecular weight is 429 g/mol. The number of rotatable bonds is 6. The van der Waals surface area contributed by atoms with Crippen LogP contribution in [0.3, 0.4) is 0 Å². The minimum Gasteiger partial charge on any atom is -0.355 e. The lowest BCUT2D eigenvalue weighted by Gasteiger charge is -2.32. The topological polar surface area (TPSA) is 61.4 Å². The standard InChI is InChI=1S/C21H27F4N3O2/c1-13(2)11-26-18(29)12-28-5-3-20(4-6-28)10-17(20)27-19(30)14-7-15(21(23,24)25)9-16(22)8-14/h7-9,13,17H,3-6,10-12H2,1-2H3,(H,26,29)(H,27,30)/t17-/m0/s1. The van der Waals surface area contributed by atoms with E-state index in [0.29, 0.717) is 31.1 Å². The van der Waals surface area contributed by atoms with Crippen LogP contribution in [0.15, 0.2) is 18.2 Å². The van der Waals surface area contributed by atoms with E-state index in [1.54, 1.807) is 0 Å². The first-order valence-electron chi connectivity index (χ1n) is 10.2. The third-order valence-electron chi connectivity index (χ3n) is 5.91. The molecule has 2 amide bonds. The summed E-state index contributed by atoms with van der Waals surface area (Å²) in [5.41, 5.74) is -1.59. The molecule has 2 N–H and O–H groups in total. The van der Waals surface area contributed by atoms with Crippen molar-refractivity contribution < 1.29 is 27.2 Å². The molecule has 0 radical (unpaired) electrons. The molecule has 1 atom stereocenters. The molecule has 1 aliphatic carbocycles. The predicted octanol–water partition coefficient (Wildman–Crippen LogP) is 3.20. The fourth-order valence-electron chi connectivity index (χ4n) is 3.96. The SMILES string of the molecule is CC(C)CNC(=O)CN1CCC2(CC1)C[C@@H]2NC(=O)c1cc(F)cc(C(F)(F)F)c1. The Morgan fingerprint density at radius 2 is 1.87 bits per heavy atom. The zero-order valence-corrected chi connectivity index (χ0v) is 17.1. The number of benzene rings is 1. The predicted molar refractivity (Wildman–Crippen MR) is 103 cm³/mol. The molecule has 0 bridgehead atoms. The number of halogens is 4. The highest BCUT2D eigenvalue weighted by atomic mass is 19.4. The smallest absolute Gasteiger partial charge is 0.355 e. The van der Waals surface area contributed by atoms with E-state index in [0.717, 1.165) is 38.4 Å². The lowest BCUT2D eigenvalue weighted by Crippen LogP contribution is -2.44. The average Bonchev–Trinajstić information content (AvgIpc) is 3.32. The van der Waals surface area contributed by atoms with Gasteiger partial charge in [-0.1, -0.05) is 13.8 Å². The van der Waals surface area contributed by atoms with Crippen LogP contribution in [0.2, 0.25) is 0 Å². The number of nitrogens with one attached hydrogen (secondary N) is 2. The fraction of sp³-hybridized carbons (Fsp3) is 0.619. The second-order valence-corrected chi connectivity index (χ2v) is 8.79. The number of carbonyl (C=O) groups excluding carboxylic acids is 2. The Balaban J connectivity index is 1.50. The van der Waals surface area contributed by atoms with Crippen molar-refractivity contribution in [3.8, 4) is 0 Å². The van der Waals surface area contributed by atoms with Crippen molar-refractivity contribution in [2.24, 2.45) is 11.3 Å². The number of nitrogens with zero attached hydrogens (tertiary/aromatic N) is 1. The highest BCUT2D eigenvalue weighted by Gasteiger charge is 2.55. The van der Waals surface area contributed by atoms with Gasteiger partial charge in [0, 0.05) is 18.2 Å². The van der Waals surface area contributed by atoms with Crippen LogP contribution in [0.4, 0.5) is 17.6 Å². The van der Waals surface area contributed by atoms with Crippen molar-refractivity contribution in [3.05, 3.63) is 35.1 Å². The van der Waals surface area contributed by atoms with Gasteiger partial charge in [-0.3, -0.25) is 14.5 Å². The van der Waals surface area contributed by atoms with Gasteiger partial charge in [0.05, 0.1) is 12.1 Å². The summed E-state index contributed by atoms with van der Waals surface area (Å²) in [6.07, 6.45) is -2.38. The molecule has 3 rings (SSSR count). The zero-order valence-electron chi connectivity index (χ0n) is 17.1. The molecule has 1 aromatic carbocycles. The van der Waals surface area contributed by atoms with Crippen LogP contribution in [0.1, 0.15) is 49.0 Å². The molecular formula is C21H27F4N3O2. The molecule has 0 aromatic heterocycles. The Morgan fingerprint density at radius 3 is 2.47 bits per heavy atom. The molecule has 1 aromatic rings. The summed E-state index contributed by atoms with van der Waals surface area (Å²) in [6.45, 7) is 6.48. The summed E-state index contributed by atoms with van der Waals surface area (Å²) in [5.74, 6) is -1.41. The monoisotopic (exact) mass is 429 g/mol. The second kappa shape index (κ2) is 8.53. The molecule has 2 aliphatic rings. The van der Waals surface area contributed by atoms with Crippen molar-refractivity contribution in [1.29, 1.82) is 0 Å². The summed E-state index contributed by atoms with van der Waals surface area (Å²) >= 11 is 0.